The molecule has 2 amide bonds. The molecule has 1 N–H and O–H groups in total. The Labute approximate surface area is 162 Å². The average Bonchev–Trinajstić information content (AvgIpc) is 2.96. The van der Waals surface area contributed by atoms with Crippen LogP contribution in [0.15, 0.2) is 54.6 Å². The molecular weight excluding hydrogens is 360 g/mol. The van der Waals surface area contributed by atoms with Crippen molar-refractivity contribution >= 4 is 29.3 Å². The van der Waals surface area contributed by atoms with Gasteiger partial charge in [0.1, 0.15) is 6.54 Å². The van der Waals surface area contributed by atoms with Gasteiger partial charge >= 0.3 is 5.97 Å². The summed E-state index contributed by atoms with van der Waals surface area (Å²) in [5, 5.41) is 2.71. The van der Waals surface area contributed by atoms with Gasteiger partial charge in [0.15, 0.2) is 6.61 Å². The van der Waals surface area contributed by atoms with Gasteiger partial charge in [0.2, 0.25) is 0 Å². The number of amides is 2. The van der Waals surface area contributed by atoms with Gasteiger partial charge in [-0.25, -0.2) is 0 Å². The molecule has 1 aliphatic rings. The van der Waals surface area contributed by atoms with Crippen LogP contribution in [-0.2, 0) is 19.1 Å². The first-order chi connectivity index (χ1) is 13.5. The number of hydrogen-bond acceptors (Lipinski definition) is 5. The van der Waals surface area contributed by atoms with Crippen LogP contribution < -0.4 is 10.2 Å². The van der Waals surface area contributed by atoms with Crippen LogP contribution in [0.5, 0.6) is 0 Å². The van der Waals surface area contributed by atoms with E-state index in [4.69, 9.17) is 4.74 Å². The van der Waals surface area contributed by atoms with Crippen LogP contribution in [0.3, 0.4) is 0 Å². The fourth-order valence-corrected chi connectivity index (χ4v) is 2.94. The number of carbonyl (C=O) groups excluding carboxylic acids is 4. The molecule has 0 saturated carbocycles. The van der Waals surface area contributed by atoms with E-state index in [1.54, 1.807) is 18.2 Å². The topological polar surface area (TPSA) is 92.8 Å². The van der Waals surface area contributed by atoms with E-state index in [0.29, 0.717) is 12.2 Å². The Kier molecular flexibility index (Phi) is 5.84. The Morgan fingerprint density at radius 1 is 1.04 bits per heavy atom. The Hall–Kier alpha value is -3.48. The van der Waals surface area contributed by atoms with E-state index >= 15 is 0 Å². The van der Waals surface area contributed by atoms with Gasteiger partial charge in [-0.2, -0.15) is 0 Å². The summed E-state index contributed by atoms with van der Waals surface area (Å²) in [7, 11) is 0. The van der Waals surface area contributed by atoms with Gasteiger partial charge in [0, 0.05) is 6.54 Å². The van der Waals surface area contributed by atoms with Gasteiger partial charge in [-0.15, -0.1) is 0 Å². The lowest BCUT2D eigenvalue weighted by Crippen LogP contribution is -2.37. The van der Waals surface area contributed by atoms with Crippen LogP contribution in [0.25, 0.3) is 0 Å². The van der Waals surface area contributed by atoms with Gasteiger partial charge in [0.05, 0.1) is 11.3 Å². The van der Waals surface area contributed by atoms with E-state index in [0.717, 1.165) is 10.5 Å². The molecule has 0 bridgehead atoms. The Morgan fingerprint density at radius 2 is 1.71 bits per heavy atom. The normalized spacial score (nSPS) is 13.8. The van der Waals surface area contributed by atoms with Gasteiger partial charge in [-0.1, -0.05) is 49.4 Å². The monoisotopic (exact) mass is 380 g/mol. The number of benzene rings is 2. The molecule has 0 radical (unpaired) electrons. The predicted molar refractivity (Wildman–Crippen MR) is 102 cm³/mol. The number of para-hydroxylation sites is 1. The lowest BCUT2D eigenvalue weighted by Gasteiger charge is -2.16. The first kappa shape index (κ1) is 19.3. The fourth-order valence-electron chi connectivity index (χ4n) is 2.94. The molecule has 0 fully saturated rings. The first-order valence-electron chi connectivity index (χ1n) is 8.90. The minimum absolute atomic E-state index is 0.116. The highest BCUT2D eigenvalue weighted by Gasteiger charge is 2.36. The molecule has 144 valence electrons. The quantitative estimate of drug-likeness (QED) is 0.583. The third-order valence-electron chi connectivity index (χ3n) is 4.50. The van der Waals surface area contributed by atoms with E-state index in [-0.39, 0.29) is 11.5 Å². The summed E-state index contributed by atoms with van der Waals surface area (Å²) in [5.74, 6) is -2.51. The molecule has 2 aromatic rings. The van der Waals surface area contributed by atoms with Crippen LogP contribution in [0.2, 0.25) is 0 Å². The Morgan fingerprint density at radius 3 is 2.46 bits per heavy atom. The number of hydrogen-bond donors (Lipinski definition) is 1. The van der Waals surface area contributed by atoms with Crippen LogP contribution in [0.4, 0.5) is 5.69 Å². The molecular formula is C21H20N2O5. The third-order valence-corrected chi connectivity index (χ3v) is 4.50. The number of fused-ring (bicyclic) bond motifs is 1. The molecule has 1 aliphatic heterocycles. The fraction of sp³-hybridized carbons (Fsp3) is 0.238. The first-order valence-corrected chi connectivity index (χ1v) is 8.90. The Bertz CT molecular complexity index is 910. The van der Waals surface area contributed by atoms with Gasteiger partial charge in [0.25, 0.3) is 17.6 Å². The molecule has 0 aromatic heterocycles. The molecule has 1 atom stereocenters. The number of ether oxygens (including phenoxy) is 1. The zero-order chi connectivity index (χ0) is 20.1. The summed E-state index contributed by atoms with van der Waals surface area (Å²) in [4.78, 5) is 48.9. The molecule has 1 heterocycles. The number of ketones is 1. The van der Waals surface area contributed by atoms with Crippen molar-refractivity contribution in [1.82, 2.24) is 5.32 Å². The number of esters is 1. The number of carbonyl (C=O) groups is 4. The highest BCUT2D eigenvalue weighted by atomic mass is 16.5. The predicted octanol–water partition coefficient (Wildman–Crippen LogP) is 1.68. The van der Waals surface area contributed by atoms with Gasteiger partial charge < -0.3 is 10.1 Å². The maximum Gasteiger partial charge on any atom is 0.326 e. The van der Waals surface area contributed by atoms with Crippen molar-refractivity contribution in [3.8, 4) is 0 Å². The van der Waals surface area contributed by atoms with Crippen molar-refractivity contribution in [2.45, 2.75) is 12.8 Å². The second-order valence-corrected chi connectivity index (χ2v) is 6.51. The molecule has 7 nitrogen and oxygen atoms in total. The van der Waals surface area contributed by atoms with Crippen molar-refractivity contribution in [2.75, 3.05) is 24.6 Å². The summed E-state index contributed by atoms with van der Waals surface area (Å²) < 4.78 is 4.95. The summed E-state index contributed by atoms with van der Waals surface area (Å²) >= 11 is 0. The number of nitrogens with one attached hydrogen (secondary N) is 1. The molecule has 2 aromatic carbocycles. The standard InChI is InChI=1S/C21H20N2O5/c1-14(15-7-3-2-4-8-15)11-22-18(24)13-28-19(25)12-23-17-10-6-5-9-16(17)20(26)21(23)27/h2-10,14H,11-13H2,1H3,(H,22,24)/t14-/m0/s1. The molecule has 0 aliphatic carbocycles. The lowest BCUT2D eigenvalue weighted by atomic mass is 10.0. The summed E-state index contributed by atoms with van der Waals surface area (Å²) in [6, 6.07) is 16.2. The molecule has 0 saturated heterocycles. The lowest BCUT2D eigenvalue weighted by molar-refractivity contribution is -0.147. The second kappa shape index (κ2) is 8.47. The third kappa shape index (κ3) is 4.25. The average molecular weight is 380 g/mol. The smallest absolute Gasteiger partial charge is 0.326 e. The maximum atomic E-state index is 12.0. The van der Waals surface area contributed by atoms with E-state index in [2.05, 4.69) is 5.32 Å². The second-order valence-electron chi connectivity index (χ2n) is 6.51. The number of Topliss-reactive ketones (excluding diaryl/α,β-unsaturated/α-hetero) is 1. The van der Waals surface area contributed by atoms with Crippen LogP contribution >= 0.6 is 0 Å². The minimum Gasteiger partial charge on any atom is -0.454 e. The van der Waals surface area contributed by atoms with Crippen molar-refractivity contribution in [1.29, 1.82) is 0 Å². The molecule has 28 heavy (non-hydrogen) atoms. The number of nitrogens with zero attached hydrogens (tertiary/aromatic N) is 1. The van der Waals surface area contributed by atoms with Crippen molar-refractivity contribution in [2.24, 2.45) is 0 Å². The highest BCUT2D eigenvalue weighted by molar-refractivity contribution is 6.52. The zero-order valence-corrected chi connectivity index (χ0v) is 15.4. The van der Waals surface area contributed by atoms with E-state index in [1.807, 2.05) is 37.3 Å². The van der Waals surface area contributed by atoms with Gasteiger partial charge in [-0.05, 0) is 23.6 Å². The van der Waals surface area contributed by atoms with Crippen LogP contribution in [0, 0.1) is 0 Å². The SMILES string of the molecule is C[C@@H](CNC(=O)COC(=O)CN1C(=O)C(=O)c2ccccc21)c1ccccc1. The number of anilines is 1. The maximum absolute atomic E-state index is 12.0. The highest BCUT2D eigenvalue weighted by Crippen LogP contribution is 2.28. The summed E-state index contributed by atoms with van der Waals surface area (Å²) in [6.07, 6.45) is 0. The van der Waals surface area contributed by atoms with Crippen LogP contribution in [0.1, 0.15) is 28.8 Å². The van der Waals surface area contributed by atoms with Crippen molar-refractivity contribution in [3.63, 3.8) is 0 Å². The largest absolute Gasteiger partial charge is 0.454 e. The van der Waals surface area contributed by atoms with E-state index in [9.17, 15) is 19.2 Å². The summed E-state index contributed by atoms with van der Waals surface area (Å²) in [5.41, 5.74) is 1.72. The zero-order valence-electron chi connectivity index (χ0n) is 15.4. The number of rotatable bonds is 7. The Balaban J connectivity index is 1.46. The molecule has 0 spiro atoms. The molecule has 0 unspecified atom stereocenters. The van der Waals surface area contributed by atoms with Crippen LogP contribution in [-0.4, -0.2) is 43.3 Å². The van der Waals surface area contributed by atoms with Crippen molar-refractivity contribution < 1.29 is 23.9 Å². The van der Waals surface area contributed by atoms with Gasteiger partial charge in [-0.3, -0.25) is 24.1 Å². The van der Waals surface area contributed by atoms with E-state index in [1.165, 1.54) is 6.07 Å². The van der Waals surface area contributed by atoms with Crippen molar-refractivity contribution in [3.05, 3.63) is 65.7 Å². The van der Waals surface area contributed by atoms with E-state index < -0.39 is 36.7 Å². The summed E-state index contributed by atoms with van der Waals surface area (Å²) in [6.45, 7) is 1.52. The molecule has 3 rings (SSSR count). The molecule has 7 heteroatoms. The minimum atomic E-state index is -0.778.